The summed E-state index contributed by atoms with van der Waals surface area (Å²) in [5.74, 6) is 0.229. The number of hydrogen-bond donors (Lipinski definition) is 1. The van der Waals surface area contributed by atoms with Crippen molar-refractivity contribution in [3.05, 3.63) is 0 Å². The van der Waals surface area contributed by atoms with Crippen LogP contribution in [0.15, 0.2) is 0 Å². The van der Waals surface area contributed by atoms with Gasteiger partial charge in [-0.3, -0.25) is 9.59 Å². The zero-order valence-electron chi connectivity index (χ0n) is 14.1. The van der Waals surface area contributed by atoms with Crippen molar-refractivity contribution < 1.29 is 9.59 Å². The molecular weight excluding hydrogens is 266 g/mol. The van der Waals surface area contributed by atoms with Gasteiger partial charge in [0.15, 0.2) is 0 Å². The van der Waals surface area contributed by atoms with Crippen LogP contribution in [0.3, 0.4) is 0 Å². The summed E-state index contributed by atoms with van der Waals surface area (Å²) in [5.41, 5.74) is 6.03. The molecule has 122 valence electrons. The molecule has 5 heteroatoms. The summed E-state index contributed by atoms with van der Waals surface area (Å²) in [4.78, 5) is 28.1. The predicted molar refractivity (Wildman–Crippen MR) is 84.7 cm³/mol. The van der Waals surface area contributed by atoms with Crippen LogP contribution in [-0.2, 0) is 9.59 Å². The second-order valence-electron chi connectivity index (χ2n) is 6.72. The predicted octanol–water partition coefficient (Wildman–Crippen LogP) is 1.61. The Balaban J connectivity index is 2.82. The van der Waals surface area contributed by atoms with Gasteiger partial charge in [-0.2, -0.15) is 0 Å². The van der Waals surface area contributed by atoms with E-state index >= 15 is 0 Å². The van der Waals surface area contributed by atoms with E-state index in [0.29, 0.717) is 6.54 Å². The summed E-state index contributed by atoms with van der Waals surface area (Å²) in [6, 6.07) is -0.196. The second-order valence-corrected chi connectivity index (χ2v) is 6.72. The number of carbonyl (C=O) groups is 2. The lowest BCUT2D eigenvalue weighted by Crippen LogP contribution is -2.56. The van der Waals surface area contributed by atoms with E-state index in [9.17, 15) is 9.59 Å². The number of nitrogens with two attached hydrogens (primary N) is 1. The van der Waals surface area contributed by atoms with Crippen molar-refractivity contribution in [2.24, 2.45) is 11.7 Å². The molecule has 1 heterocycles. The number of hydrogen-bond acceptors (Lipinski definition) is 3. The Morgan fingerprint density at radius 2 is 1.86 bits per heavy atom. The number of rotatable bonds is 5. The molecule has 1 fully saturated rings. The molecule has 0 spiro atoms. The molecule has 1 aliphatic heterocycles. The Hall–Kier alpha value is -1.10. The second kappa shape index (κ2) is 7.78. The van der Waals surface area contributed by atoms with Gasteiger partial charge in [0.2, 0.25) is 11.8 Å². The number of amides is 2. The summed E-state index contributed by atoms with van der Waals surface area (Å²) in [5, 5.41) is 0. The van der Waals surface area contributed by atoms with Crippen molar-refractivity contribution in [1.29, 1.82) is 0 Å². The fourth-order valence-corrected chi connectivity index (χ4v) is 2.89. The van der Waals surface area contributed by atoms with Gasteiger partial charge < -0.3 is 15.5 Å². The minimum Gasteiger partial charge on any atom is -0.338 e. The molecule has 0 aromatic carbocycles. The lowest BCUT2D eigenvalue weighted by Gasteiger charge is -2.41. The molecule has 21 heavy (non-hydrogen) atoms. The highest BCUT2D eigenvalue weighted by atomic mass is 16.2. The highest BCUT2D eigenvalue weighted by Gasteiger charge is 2.32. The average Bonchev–Trinajstić information content (AvgIpc) is 2.42. The fourth-order valence-electron chi connectivity index (χ4n) is 2.89. The maximum absolute atomic E-state index is 12.6. The van der Waals surface area contributed by atoms with E-state index in [-0.39, 0.29) is 29.8 Å². The van der Waals surface area contributed by atoms with Crippen LogP contribution in [0.2, 0.25) is 0 Å². The number of nitrogens with zero attached hydrogens (tertiary/aromatic N) is 2. The van der Waals surface area contributed by atoms with Crippen LogP contribution in [0.25, 0.3) is 0 Å². The molecule has 2 unspecified atom stereocenters. The first kappa shape index (κ1) is 18.0. The van der Waals surface area contributed by atoms with Crippen LogP contribution in [-0.4, -0.2) is 52.8 Å². The summed E-state index contributed by atoms with van der Waals surface area (Å²) in [6.07, 6.45) is 3.08. The van der Waals surface area contributed by atoms with E-state index in [0.717, 1.165) is 25.8 Å². The Bertz CT molecular complexity index is 369. The van der Waals surface area contributed by atoms with Crippen LogP contribution in [0.4, 0.5) is 0 Å². The summed E-state index contributed by atoms with van der Waals surface area (Å²) < 4.78 is 0. The van der Waals surface area contributed by atoms with Crippen molar-refractivity contribution >= 4 is 11.8 Å². The normalized spacial score (nSPS) is 20.8. The summed E-state index contributed by atoms with van der Waals surface area (Å²) >= 11 is 0. The van der Waals surface area contributed by atoms with E-state index in [1.54, 1.807) is 6.92 Å². The molecule has 1 rings (SSSR count). The maximum Gasteiger partial charge on any atom is 0.240 e. The summed E-state index contributed by atoms with van der Waals surface area (Å²) in [6.45, 7) is 10.9. The molecule has 2 amide bonds. The zero-order valence-corrected chi connectivity index (χ0v) is 14.1. The van der Waals surface area contributed by atoms with Crippen molar-refractivity contribution in [3.8, 4) is 0 Å². The van der Waals surface area contributed by atoms with Crippen molar-refractivity contribution in [2.45, 2.75) is 72.0 Å². The van der Waals surface area contributed by atoms with Gasteiger partial charge >= 0.3 is 0 Å². The third-order valence-electron chi connectivity index (χ3n) is 4.35. The highest BCUT2D eigenvalue weighted by Crippen LogP contribution is 2.21. The molecule has 1 aliphatic rings. The molecule has 0 radical (unpaired) electrons. The van der Waals surface area contributed by atoms with Crippen molar-refractivity contribution in [2.75, 3.05) is 13.1 Å². The molecule has 0 bridgehead atoms. The maximum atomic E-state index is 12.6. The van der Waals surface area contributed by atoms with E-state index < -0.39 is 6.04 Å². The molecule has 2 atom stereocenters. The Kier molecular flexibility index (Phi) is 6.65. The van der Waals surface area contributed by atoms with E-state index in [1.165, 1.54) is 0 Å². The Morgan fingerprint density at radius 1 is 1.24 bits per heavy atom. The van der Waals surface area contributed by atoms with E-state index in [4.69, 9.17) is 5.73 Å². The van der Waals surface area contributed by atoms with Gasteiger partial charge in [-0.25, -0.2) is 0 Å². The van der Waals surface area contributed by atoms with Crippen molar-refractivity contribution in [1.82, 2.24) is 9.80 Å². The van der Waals surface area contributed by atoms with Crippen LogP contribution >= 0.6 is 0 Å². The van der Waals surface area contributed by atoms with Gasteiger partial charge in [0, 0.05) is 32.1 Å². The van der Waals surface area contributed by atoms with Crippen LogP contribution in [0.1, 0.15) is 53.9 Å². The van der Waals surface area contributed by atoms with Gasteiger partial charge in [-0.05, 0) is 39.0 Å². The molecule has 2 N–H and O–H groups in total. The monoisotopic (exact) mass is 297 g/mol. The number of piperidine rings is 1. The van der Waals surface area contributed by atoms with Gasteiger partial charge in [0.1, 0.15) is 0 Å². The molecule has 0 aromatic heterocycles. The number of carbonyl (C=O) groups excluding carboxylic acids is 2. The highest BCUT2D eigenvalue weighted by molar-refractivity contribution is 5.82. The topological polar surface area (TPSA) is 66.6 Å². The first-order chi connectivity index (χ1) is 9.75. The minimum atomic E-state index is -0.449. The average molecular weight is 297 g/mol. The largest absolute Gasteiger partial charge is 0.338 e. The minimum absolute atomic E-state index is 0.0296. The molecule has 5 nitrogen and oxygen atoms in total. The molecule has 0 saturated carbocycles. The molecule has 0 aliphatic carbocycles. The van der Waals surface area contributed by atoms with Gasteiger partial charge in [0.25, 0.3) is 0 Å². The smallest absolute Gasteiger partial charge is 0.240 e. The van der Waals surface area contributed by atoms with E-state index in [2.05, 4.69) is 0 Å². The number of likely N-dealkylation sites (tertiary alicyclic amines) is 1. The van der Waals surface area contributed by atoms with Crippen LogP contribution in [0.5, 0.6) is 0 Å². The standard InChI is InChI=1S/C16H31N3O2/c1-11(2)15(17)16(21)18-9-7-6-8-14(18)10-19(12(3)4)13(5)20/h11-12,14-15H,6-10,17H2,1-5H3. The lowest BCUT2D eigenvalue weighted by atomic mass is 9.97. The SMILES string of the molecule is CC(=O)N(CC1CCCCN1C(=O)C(N)C(C)C)C(C)C. The zero-order chi connectivity index (χ0) is 16.2. The Labute approximate surface area is 128 Å². The van der Waals surface area contributed by atoms with Crippen LogP contribution in [0, 0.1) is 5.92 Å². The molecular formula is C16H31N3O2. The first-order valence-electron chi connectivity index (χ1n) is 8.09. The van der Waals surface area contributed by atoms with Gasteiger partial charge in [-0.15, -0.1) is 0 Å². The Morgan fingerprint density at radius 3 is 2.33 bits per heavy atom. The summed E-state index contributed by atoms with van der Waals surface area (Å²) in [7, 11) is 0. The first-order valence-corrected chi connectivity index (χ1v) is 8.09. The third-order valence-corrected chi connectivity index (χ3v) is 4.35. The fraction of sp³-hybridized carbons (Fsp3) is 0.875. The third kappa shape index (κ3) is 4.70. The van der Waals surface area contributed by atoms with Crippen LogP contribution < -0.4 is 5.73 Å². The lowest BCUT2D eigenvalue weighted by molar-refractivity contribution is -0.141. The van der Waals surface area contributed by atoms with Crippen molar-refractivity contribution in [3.63, 3.8) is 0 Å². The quantitative estimate of drug-likeness (QED) is 0.838. The van der Waals surface area contributed by atoms with E-state index in [1.807, 2.05) is 37.5 Å². The van der Waals surface area contributed by atoms with Gasteiger partial charge in [-0.1, -0.05) is 13.8 Å². The van der Waals surface area contributed by atoms with Gasteiger partial charge in [0.05, 0.1) is 6.04 Å². The molecule has 0 aromatic rings. The molecule has 1 saturated heterocycles.